The van der Waals surface area contributed by atoms with Crippen LogP contribution in [0.15, 0.2) is 35.4 Å². The molecule has 0 amide bonds. The summed E-state index contributed by atoms with van der Waals surface area (Å²) < 4.78 is 3.88. The molecule has 0 atom stereocenters. The van der Waals surface area contributed by atoms with E-state index >= 15 is 0 Å². The molecule has 0 aliphatic heterocycles. The number of pyridine rings is 1. The van der Waals surface area contributed by atoms with Crippen LogP contribution in [0.2, 0.25) is 0 Å². The fourth-order valence-electron chi connectivity index (χ4n) is 2.85. The van der Waals surface area contributed by atoms with Crippen LogP contribution in [-0.2, 0) is 6.54 Å². The smallest absolute Gasteiger partial charge is 0.277 e. The number of para-hydroxylation sites is 1. The van der Waals surface area contributed by atoms with E-state index in [0.29, 0.717) is 0 Å². The van der Waals surface area contributed by atoms with Gasteiger partial charge in [-0.05, 0) is 26.3 Å². The lowest BCUT2D eigenvalue weighted by atomic mass is 10.1. The summed E-state index contributed by atoms with van der Waals surface area (Å²) in [5.74, 6) is 0. The first-order valence-electron chi connectivity index (χ1n) is 7.63. The average Bonchev–Trinajstić information content (AvgIpc) is 2.93. The Kier molecular flexibility index (Phi) is 3.53. The van der Waals surface area contributed by atoms with Crippen molar-refractivity contribution < 1.29 is 0 Å². The molecule has 0 fully saturated rings. The lowest BCUT2D eigenvalue weighted by Crippen LogP contribution is -2.23. The van der Waals surface area contributed by atoms with E-state index in [1.54, 1.807) is 6.33 Å². The van der Waals surface area contributed by atoms with Crippen molar-refractivity contribution in [2.24, 2.45) is 0 Å². The molecule has 0 aliphatic carbocycles. The number of imidazole rings is 1. The first-order valence-corrected chi connectivity index (χ1v) is 7.63. The minimum atomic E-state index is 0.0725. The van der Waals surface area contributed by atoms with Gasteiger partial charge in [0, 0.05) is 18.0 Å². The summed E-state index contributed by atoms with van der Waals surface area (Å²) in [5.41, 5.74) is 2.60. The number of unbranched alkanes of at least 4 members (excludes halogenated alkanes) is 1. The summed E-state index contributed by atoms with van der Waals surface area (Å²) in [6, 6.07) is 8.28. The van der Waals surface area contributed by atoms with E-state index < -0.39 is 0 Å². The Morgan fingerprint density at radius 2 is 2.00 bits per heavy atom. The average molecular weight is 283 g/mol. The zero-order valence-electron chi connectivity index (χ0n) is 12.8. The molecule has 3 rings (SSSR count). The summed E-state index contributed by atoms with van der Waals surface area (Å²) in [7, 11) is 0. The molecule has 0 bridgehead atoms. The molecular formula is C17H21N3O. The third kappa shape index (κ3) is 2.15. The molecule has 2 aromatic heterocycles. The molecule has 4 heteroatoms. The highest BCUT2D eigenvalue weighted by Crippen LogP contribution is 2.23. The molecule has 0 radical (unpaired) electrons. The summed E-state index contributed by atoms with van der Waals surface area (Å²) >= 11 is 0. The fourth-order valence-corrected chi connectivity index (χ4v) is 2.85. The monoisotopic (exact) mass is 283 g/mol. The SMILES string of the molecule is CCCCn1c(=O)c2c(ncn2C(C)C)c2ccccc21. The van der Waals surface area contributed by atoms with Crippen LogP contribution in [0.3, 0.4) is 0 Å². The van der Waals surface area contributed by atoms with E-state index in [-0.39, 0.29) is 11.6 Å². The minimum absolute atomic E-state index is 0.0725. The van der Waals surface area contributed by atoms with Gasteiger partial charge in [-0.25, -0.2) is 4.98 Å². The van der Waals surface area contributed by atoms with E-state index in [0.717, 1.165) is 41.3 Å². The highest BCUT2D eigenvalue weighted by atomic mass is 16.1. The van der Waals surface area contributed by atoms with Crippen LogP contribution < -0.4 is 5.56 Å². The Hall–Kier alpha value is -2.10. The Morgan fingerprint density at radius 3 is 2.71 bits per heavy atom. The first kappa shape index (κ1) is 13.9. The van der Waals surface area contributed by atoms with Crippen molar-refractivity contribution in [1.82, 2.24) is 14.1 Å². The number of fused-ring (bicyclic) bond motifs is 3. The predicted octanol–water partition coefficient (Wildman–Crippen LogP) is 3.73. The van der Waals surface area contributed by atoms with Crippen LogP contribution in [0.4, 0.5) is 0 Å². The molecule has 0 spiro atoms. The predicted molar refractivity (Wildman–Crippen MR) is 86.8 cm³/mol. The van der Waals surface area contributed by atoms with E-state index in [4.69, 9.17) is 0 Å². The summed E-state index contributed by atoms with van der Waals surface area (Å²) in [5, 5.41) is 1.06. The maximum atomic E-state index is 12.9. The van der Waals surface area contributed by atoms with Crippen molar-refractivity contribution in [3.8, 4) is 0 Å². The van der Waals surface area contributed by atoms with Gasteiger partial charge >= 0.3 is 0 Å². The molecule has 21 heavy (non-hydrogen) atoms. The lowest BCUT2D eigenvalue weighted by Gasteiger charge is -2.13. The molecule has 1 aromatic carbocycles. The molecule has 0 saturated heterocycles. The summed E-state index contributed by atoms with van der Waals surface area (Å²) in [6.45, 7) is 7.05. The maximum absolute atomic E-state index is 12.9. The van der Waals surface area contributed by atoms with Crippen molar-refractivity contribution in [1.29, 1.82) is 0 Å². The zero-order chi connectivity index (χ0) is 15.0. The van der Waals surface area contributed by atoms with Gasteiger partial charge in [0.05, 0.1) is 11.8 Å². The molecule has 3 aromatic rings. The molecule has 0 aliphatic rings. The maximum Gasteiger partial charge on any atom is 0.277 e. The number of hydrogen-bond donors (Lipinski definition) is 0. The molecule has 4 nitrogen and oxygen atoms in total. The van der Waals surface area contributed by atoms with Crippen molar-refractivity contribution in [2.45, 2.75) is 46.2 Å². The topological polar surface area (TPSA) is 39.8 Å². The zero-order valence-corrected chi connectivity index (χ0v) is 12.8. The van der Waals surface area contributed by atoms with Gasteiger partial charge in [0.15, 0.2) is 0 Å². The van der Waals surface area contributed by atoms with Crippen LogP contribution in [-0.4, -0.2) is 14.1 Å². The van der Waals surface area contributed by atoms with Gasteiger partial charge in [-0.2, -0.15) is 0 Å². The van der Waals surface area contributed by atoms with Gasteiger partial charge in [0.2, 0.25) is 0 Å². The van der Waals surface area contributed by atoms with Crippen molar-refractivity contribution in [2.75, 3.05) is 0 Å². The molecule has 2 heterocycles. The summed E-state index contributed by atoms with van der Waals surface area (Å²) in [4.78, 5) is 17.4. The molecular weight excluding hydrogens is 262 g/mol. The normalized spacial score (nSPS) is 11.8. The molecule has 0 N–H and O–H groups in total. The lowest BCUT2D eigenvalue weighted by molar-refractivity contribution is 0.603. The largest absolute Gasteiger partial charge is 0.323 e. The van der Waals surface area contributed by atoms with Gasteiger partial charge < -0.3 is 9.13 Å². The van der Waals surface area contributed by atoms with Crippen LogP contribution >= 0.6 is 0 Å². The van der Waals surface area contributed by atoms with E-state index in [2.05, 4.69) is 31.8 Å². The second-order valence-corrected chi connectivity index (χ2v) is 5.77. The Balaban J connectivity index is 2.43. The third-order valence-electron chi connectivity index (χ3n) is 3.98. The minimum Gasteiger partial charge on any atom is -0.323 e. The third-order valence-corrected chi connectivity index (χ3v) is 3.98. The number of aromatic nitrogens is 3. The van der Waals surface area contributed by atoms with Gasteiger partial charge in [-0.15, -0.1) is 0 Å². The van der Waals surface area contributed by atoms with E-state index in [1.165, 1.54) is 0 Å². The Bertz CT molecular complexity index is 842. The number of hydrogen-bond acceptors (Lipinski definition) is 2. The van der Waals surface area contributed by atoms with Crippen LogP contribution in [0.1, 0.15) is 39.7 Å². The van der Waals surface area contributed by atoms with Crippen LogP contribution in [0.25, 0.3) is 21.9 Å². The highest BCUT2D eigenvalue weighted by molar-refractivity contribution is 6.02. The second kappa shape index (κ2) is 5.35. The first-order chi connectivity index (χ1) is 10.1. The van der Waals surface area contributed by atoms with E-state index in [9.17, 15) is 4.79 Å². The Labute approximate surface area is 124 Å². The van der Waals surface area contributed by atoms with Crippen molar-refractivity contribution >= 4 is 21.9 Å². The number of rotatable bonds is 4. The quantitative estimate of drug-likeness (QED) is 0.732. The number of aryl methyl sites for hydroxylation is 1. The summed E-state index contributed by atoms with van der Waals surface area (Å²) in [6.07, 6.45) is 3.86. The van der Waals surface area contributed by atoms with Crippen LogP contribution in [0.5, 0.6) is 0 Å². The molecule has 110 valence electrons. The fraction of sp³-hybridized carbons (Fsp3) is 0.412. The second-order valence-electron chi connectivity index (χ2n) is 5.77. The van der Waals surface area contributed by atoms with Crippen LogP contribution in [0, 0.1) is 0 Å². The number of benzene rings is 1. The highest BCUT2D eigenvalue weighted by Gasteiger charge is 2.16. The van der Waals surface area contributed by atoms with Gasteiger partial charge in [-0.1, -0.05) is 31.5 Å². The van der Waals surface area contributed by atoms with Gasteiger partial charge in [-0.3, -0.25) is 4.79 Å². The van der Waals surface area contributed by atoms with E-state index in [1.807, 2.05) is 27.3 Å². The number of nitrogens with zero attached hydrogens (tertiary/aromatic N) is 3. The van der Waals surface area contributed by atoms with Crippen molar-refractivity contribution in [3.05, 3.63) is 40.9 Å². The molecule has 0 unspecified atom stereocenters. The van der Waals surface area contributed by atoms with Crippen molar-refractivity contribution in [3.63, 3.8) is 0 Å². The molecule has 0 saturated carbocycles. The Morgan fingerprint density at radius 1 is 1.24 bits per heavy atom. The van der Waals surface area contributed by atoms with Gasteiger partial charge in [0.1, 0.15) is 11.0 Å². The standard InChI is InChI=1S/C17H21N3O/c1-4-5-10-19-14-9-7-6-8-13(14)15-16(17(19)21)20(11-18-15)12(2)3/h6-9,11-12H,4-5,10H2,1-3H3. The van der Waals surface area contributed by atoms with Gasteiger partial charge in [0.25, 0.3) is 5.56 Å².